The molecule has 0 bridgehead atoms. The van der Waals surface area contributed by atoms with Gasteiger partial charge in [0.25, 0.3) is 0 Å². The van der Waals surface area contributed by atoms with Crippen molar-refractivity contribution in [3.63, 3.8) is 0 Å². The van der Waals surface area contributed by atoms with Crippen LogP contribution in [0.3, 0.4) is 0 Å². The molecule has 4 rings (SSSR count). The number of nitrogens with one attached hydrogen (secondary N) is 2. The van der Waals surface area contributed by atoms with Crippen LogP contribution in [0.5, 0.6) is 5.88 Å². The SMILES string of the molecule is N=C(N)N[C@H]1CC[C@@H](Oc2nc(N3CCOCC3)cc3ccccc23)CC1. The number of aromatic nitrogens is 1. The van der Waals surface area contributed by atoms with Crippen molar-refractivity contribution in [2.45, 2.75) is 37.8 Å². The molecule has 1 saturated heterocycles. The van der Waals surface area contributed by atoms with E-state index in [0.29, 0.717) is 0 Å². The number of morpholine rings is 1. The molecule has 2 fully saturated rings. The number of pyridine rings is 1. The number of rotatable bonds is 4. The largest absolute Gasteiger partial charge is 0.474 e. The normalized spacial score (nSPS) is 23.2. The molecule has 0 atom stereocenters. The maximum Gasteiger partial charge on any atom is 0.223 e. The van der Waals surface area contributed by atoms with Gasteiger partial charge in [-0.1, -0.05) is 18.2 Å². The summed E-state index contributed by atoms with van der Waals surface area (Å²) in [6.45, 7) is 3.18. The van der Waals surface area contributed by atoms with E-state index in [1.165, 1.54) is 0 Å². The minimum absolute atomic E-state index is 0.0465. The van der Waals surface area contributed by atoms with Crippen LogP contribution in [0.1, 0.15) is 25.7 Å². The van der Waals surface area contributed by atoms with E-state index in [9.17, 15) is 0 Å². The van der Waals surface area contributed by atoms with Crippen molar-refractivity contribution in [2.75, 3.05) is 31.2 Å². The molecule has 1 aromatic heterocycles. The van der Waals surface area contributed by atoms with E-state index in [4.69, 9.17) is 25.6 Å². The summed E-state index contributed by atoms with van der Waals surface area (Å²) < 4.78 is 11.8. The average molecular weight is 369 g/mol. The van der Waals surface area contributed by atoms with Crippen LogP contribution in [0.2, 0.25) is 0 Å². The van der Waals surface area contributed by atoms with Crippen molar-refractivity contribution in [1.29, 1.82) is 5.41 Å². The molecule has 4 N–H and O–H groups in total. The molecule has 7 nitrogen and oxygen atoms in total. The van der Waals surface area contributed by atoms with Crippen LogP contribution in [0, 0.1) is 5.41 Å². The van der Waals surface area contributed by atoms with Gasteiger partial charge in [0.05, 0.1) is 13.2 Å². The lowest BCUT2D eigenvalue weighted by Crippen LogP contribution is -2.42. The van der Waals surface area contributed by atoms with E-state index in [1.807, 2.05) is 12.1 Å². The lowest BCUT2D eigenvalue weighted by Gasteiger charge is -2.31. The highest BCUT2D eigenvalue weighted by Crippen LogP contribution is 2.31. The molecule has 0 spiro atoms. The van der Waals surface area contributed by atoms with Gasteiger partial charge in [-0.25, -0.2) is 0 Å². The predicted molar refractivity (Wildman–Crippen MR) is 106 cm³/mol. The van der Waals surface area contributed by atoms with Crippen molar-refractivity contribution in [2.24, 2.45) is 5.73 Å². The summed E-state index contributed by atoms with van der Waals surface area (Å²) in [5.41, 5.74) is 5.45. The van der Waals surface area contributed by atoms with E-state index in [-0.39, 0.29) is 18.1 Å². The third-order valence-electron chi connectivity index (χ3n) is 5.34. The van der Waals surface area contributed by atoms with Crippen LogP contribution in [0.25, 0.3) is 10.8 Å². The minimum atomic E-state index is 0.0465. The predicted octanol–water partition coefficient (Wildman–Crippen LogP) is 2.24. The first-order chi connectivity index (χ1) is 13.2. The Kier molecular flexibility index (Phi) is 5.29. The van der Waals surface area contributed by atoms with Crippen molar-refractivity contribution >= 4 is 22.5 Å². The van der Waals surface area contributed by atoms with Gasteiger partial charge in [-0.3, -0.25) is 5.41 Å². The number of guanidine groups is 1. The van der Waals surface area contributed by atoms with Crippen LogP contribution in [-0.4, -0.2) is 49.4 Å². The smallest absolute Gasteiger partial charge is 0.223 e. The molecule has 27 heavy (non-hydrogen) atoms. The van der Waals surface area contributed by atoms with Gasteiger partial charge in [-0.2, -0.15) is 4.98 Å². The second-order valence-corrected chi connectivity index (χ2v) is 7.26. The third-order valence-corrected chi connectivity index (χ3v) is 5.34. The molecule has 1 aromatic carbocycles. The van der Waals surface area contributed by atoms with E-state index < -0.39 is 0 Å². The van der Waals surface area contributed by atoms with E-state index in [1.54, 1.807) is 0 Å². The Morgan fingerprint density at radius 1 is 1.19 bits per heavy atom. The Morgan fingerprint density at radius 2 is 1.93 bits per heavy atom. The van der Waals surface area contributed by atoms with Gasteiger partial charge in [0.2, 0.25) is 5.88 Å². The maximum absolute atomic E-state index is 7.38. The van der Waals surface area contributed by atoms with E-state index >= 15 is 0 Å². The number of ether oxygens (including phenoxy) is 2. The zero-order valence-corrected chi connectivity index (χ0v) is 15.5. The molecule has 144 valence electrons. The highest BCUT2D eigenvalue weighted by Gasteiger charge is 2.24. The Morgan fingerprint density at radius 3 is 2.67 bits per heavy atom. The first-order valence-corrected chi connectivity index (χ1v) is 9.69. The van der Waals surface area contributed by atoms with Gasteiger partial charge in [0.1, 0.15) is 11.9 Å². The fourth-order valence-electron chi connectivity index (χ4n) is 3.90. The quantitative estimate of drug-likeness (QED) is 0.565. The second kappa shape index (κ2) is 8.00. The molecule has 7 heteroatoms. The summed E-state index contributed by atoms with van der Waals surface area (Å²) in [5.74, 6) is 1.72. The molecule has 0 radical (unpaired) electrons. The first-order valence-electron chi connectivity index (χ1n) is 9.69. The summed E-state index contributed by atoms with van der Waals surface area (Å²) in [4.78, 5) is 7.12. The molecule has 2 aliphatic rings. The third kappa shape index (κ3) is 4.24. The summed E-state index contributed by atoms with van der Waals surface area (Å²) >= 11 is 0. The summed E-state index contributed by atoms with van der Waals surface area (Å²) in [7, 11) is 0. The van der Waals surface area contributed by atoms with Gasteiger partial charge in [-0.15, -0.1) is 0 Å². The molecule has 2 heterocycles. The fraction of sp³-hybridized carbons (Fsp3) is 0.500. The number of fused-ring (bicyclic) bond motifs is 1. The summed E-state index contributed by atoms with van der Waals surface area (Å²) in [6.07, 6.45) is 3.91. The zero-order chi connectivity index (χ0) is 18.6. The number of hydrogen-bond acceptors (Lipinski definition) is 5. The monoisotopic (exact) mass is 369 g/mol. The first kappa shape index (κ1) is 17.9. The van der Waals surface area contributed by atoms with Gasteiger partial charge < -0.3 is 25.4 Å². The van der Waals surface area contributed by atoms with E-state index in [0.717, 1.165) is 74.5 Å². The lowest BCUT2D eigenvalue weighted by atomic mass is 9.93. The topological polar surface area (TPSA) is 96.5 Å². The maximum atomic E-state index is 7.38. The Hall–Kier alpha value is -2.54. The van der Waals surface area contributed by atoms with Crippen LogP contribution in [-0.2, 0) is 4.74 Å². The fourth-order valence-corrected chi connectivity index (χ4v) is 3.90. The molecule has 2 aromatic rings. The highest BCUT2D eigenvalue weighted by molar-refractivity contribution is 5.89. The van der Waals surface area contributed by atoms with Crippen molar-refractivity contribution in [3.05, 3.63) is 30.3 Å². The summed E-state index contributed by atoms with van der Waals surface area (Å²) in [5, 5.41) is 12.6. The Balaban J connectivity index is 1.53. The zero-order valence-electron chi connectivity index (χ0n) is 15.5. The molecule has 0 amide bonds. The number of benzene rings is 1. The minimum Gasteiger partial charge on any atom is -0.474 e. The van der Waals surface area contributed by atoms with Crippen LogP contribution in [0.4, 0.5) is 5.82 Å². The molecule has 1 aliphatic heterocycles. The van der Waals surface area contributed by atoms with Crippen molar-refractivity contribution in [1.82, 2.24) is 10.3 Å². The van der Waals surface area contributed by atoms with Crippen LogP contribution in [0.15, 0.2) is 30.3 Å². The number of hydrogen-bond donors (Lipinski definition) is 3. The van der Waals surface area contributed by atoms with E-state index in [2.05, 4.69) is 28.4 Å². The van der Waals surface area contributed by atoms with Crippen LogP contribution < -0.4 is 20.7 Å². The lowest BCUT2D eigenvalue weighted by molar-refractivity contribution is 0.121. The van der Waals surface area contributed by atoms with Gasteiger partial charge in [-0.05, 0) is 43.2 Å². The number of anilines is 1. The molecule has 1 saturated carbocycles. The highest BCUT2D eigenvalue weighted by atomic mass is 16.5. The number of nitrogens with two attached hydrogens (primary N) is 1. The van der Waals surface area contributed by atoms with Crippen molar-refractivity contribution in [3.8, 4) is 5.88 Å². The Labute approximate surface area is 159 Å². The van der Waals surface area contributed by atoms with Crippen molar-refractivity contribution < 1.29 is 9.47 Å². The van der Waals surface area contributed by atoms with Gasteiger partial charge in [0.15, 0.2) is 5.96 Å². The van der Waals surface area contributed by atoms with Gasteiger partial charge in [0, 0.05) is 24.5 Å². The molecular weight excluding hydrogens is 342 g/mol. The number of nitrogens with zero attached hydrogens (tertiary/aromatic N) is 2. The Bertz CT molecular complexity index is 798. The second-order valence-electron chi connectivity index (χ2n) is 7.26. The standard InChI is InChI=1S/C20H27N5O2/c21-20(22)23-15-5-7-16(8-6-15)27-19-17-4-2-1-3-14(17)13-18(24-19)25-9-11-26-12-10-25/h1-4,13,15-16H,5-12H2,(H4,21,22,23)/t15-,16+. The molecule has 1 aliphatic carbocycles. The average Bonchev–Trinajstić information content (AvgIpc) is 2.70. The molecular formula is C20H27N5O2. The summed E-state index contributed by atoms with van der Waals surface area (Å²) in [6, 6.07) is 10.7. The van der Waals surface area contributed by atoms with Gasteiger partial charge >= 0.3 is 0 Å². The van der Waals surface area contributed by atoms with Crippen LogP contribution >= 0.6 is 0 Å². The molecule has 0 unspecified atom stereocenters.